The summed E-state index contributed by atoms with van der Waals surface area (Å²) in [6.45, 7) is 3.80. The van der Waals surface area contributed by atoms with E-state index in [1.54, 1.807) is 4.68 Å². The minimum atomic E-state index is -2.61. The molecule has 0 unspecified atom stereocenters. The second kappa shape index (κ2) is 6.47. The molecular formula is C20H23F2N5O2. The van der Waals surface area contributed by atoms with Crippen LogP contribution in [0.4, 0.5) is 8.78 Å². The van der Waals surface area contributed by atoms with Gasteiger partial charge < -0.3 is 9.40 Å². The number of aromatic amines is 1. The van der Waals surface area contributed by atoms with Crippen LogP contribution in [0.15, 0.2) is 15.4 Å². The van der Waals surface area contributed by atoms with Crippen LogP contribution in [0.25, 0.3) is 11.0 Å². The van der Waals surface area contributed by atoms with Crippen LogP contribution in [-0.4, -0.2) is 30.7 Å². The number of alkyl halides is 2. The van der Waals surface area contributed by atoms with Crippen molar-refractivity contribution in [3.8, 4) is 0 Å². The number of halogens is 2. The van der Waals surface area contributed by atoms with Crippen molar-refractivity contribution < 1.29 is 13.2 Å². The van der Waals surface area contributed by atoms with E-state index in [2.05, 4.69) is 15.1 Å². The van der Waals surface area contributed by atoms with Gasteiger partial charge in [-0.25, -0.2) is 23.4 Å². The zero-order valence-electron chi connectivity index (χ0n) is 16.4. The van der Waals surface area contributed by atoms with Crippen molar-refractivity contribution in [3.05, 3.63) is 39.7 Å². The number of nitrogens with zero attached hydrogens (tertiary/aromatic N) is 4. The summed E-state index contributed by atoms with van der Waals surface area (Å²) >= 11 is 0. The Morgan fingerprint density at radius 2 is 1.86 bits per heavy atom. The molecule has 7 nitrogen and oxygen atoms in total. The van der Waals surface area contributed by atoms with Crippen LogP contribution in [0.2, 0.25) is 0 Å². The van der Waals surface area contributed by atoms with Crippen molar-refractivity contribution >= 4 is 11.0 Å². The van der Waals surface area contributed by atoms with Crippen LogP contribution in [0, 0.1) is 13.8 Å². The number of nitrogens with one attached hydrogen (secondary N) is 1. The minimum Gasteiger partial charge on any atom is -0.445 e. The van der Waals surface area contributed by atoms with Gasteiger partial charge in [0.2, 0.25) is 5.92 Å². The lowest BCUT2D eigenvalue weighted by Gasteiger charge is -2.33. The largest absolute Gasteiger partial charge is 0.445 e. The molecular weight excluding hydrogens is 380 g/mol. The topological polar surface area (TPSA) is 89.6 Å². The molecule has 2 fully saturated rings. The number of H-pyrrole nitrogens is 1. The SMILES string of the molecule is Cc1nc([C@@H]2CC[C@@H]2c2nc3c(cnn3C3CCC(F)(F)CC3)c(=O)[nH]2)oc1C. The number of aromatic nitrogens is 5. The standard InChI is InChI=1S/C20H23F2N5O2/c1-10-11(2)29-19(24-10)14-4-3-13(14)16-25-17-15(18(28)26-16)9-23-27(17)12-5-7-20(21,22)8-6-12/h9,12-14H,3-8H2,1-2H3,(H,25,26,28)/t13-,14+/m0/s1. The average Bonchev–Trinajstić information content (AvgIpc) is 3.18. The van der Waals surface area contributed by atoms with E-state index < -0.39 is 5.92 Å². The molecule has 0 aromatic carbocycles. The van der Waals surface area contributed by atoms with E-state index in [-0.39, 0.29) is 36.3 Å². The zero-order valence-corrected chi connectivity index (χ0v) is 16.4. The molecule has 154 valence electrons. The third kappa shape index (κ3) is 3.07. The second-order valence-corrected chi connectivity index (χ2v) is 8.35. The van der Waals surface area contributed by atoms with E-state index in [0.717, 1.165) is 24.3 Å². The van der Waals surface area contributed by atoms with E-state index in [9.17, 15) is 13.6 Å². The number of hydrogen-bond acceptors (Lipinski definition) is 5. The Labute approximate surface area is 165 Å². The van der Waals surface area contributed by atoms with E-state index in [1.165, 1.54) is 6.20 Å². The van der Waals surface area contributed by atoms with Gasteiger partial charge >= 0.3 is 0 Å². The van der Waals surface area contributed by atoms with E-state index in [0.29, 0.717) is 35.6 Å². The van der Waals surface area contributed by atoms with Crippen LogP contribution in [0.3, 0.4) is 0 Å². The maximum atomic E-state index is 13.5. The molecule has 2 atom stereocenters. The van der Waals surface area contributed by atoms with Crippen molar-refractivity contribution in [3.63, 3.8) is 0 Å². The molecule has 29 heavy (non-hydrogen) atoms. The molecule has 5 rings (SSSR count). The van der Waals surface area contributed by atoms with Gasteiger partial charge in [0.1, 0.15) is 17.0 Å². The van der Waals surface area contributed by atoms with Crippen LogP contribution in [0.5, 0.6) is 0 Å². The number of aryl methyl sites for hydroxylation is 2. The molecule has 9 heteroatoms. The smallest absolute Gasteiger partial charge is 0.262 e. The fourth-order valence-electron chi connectivity index (χ4n) is 4.44. The molecule has 3 heterocycles. The van der Waals surface area contributed by atoms with Crippen LogP contribution in [0.1, 0.15) is 79.6 Å². The van der Waals surface area contributed by atoms with E-state index >= 15 is 0 Å². The number of rotatable bonds is 3. The van der Waals surface area contributed by atoms with Gasteiger partial charge in [-0.2, -0.15) is 5.10 Å². The fourth-order valence-corrected chi connectivity index (χ4v) is 4.44. The first-order valence-electron chi connectivity index (χ1n) is 10.1. The Morgan fingerprint density at radius 1 is 1.14 bits per heavy atom. The normalized spacial score (nSPS) is 24.7. The quantitative estimate of drug-likeness (QED) is 0.710. The summed E-state index contributed by atoms with van der Waals surface area (Å²) in [5, 5.41) is 4.72. The first-order valence-corrected chi connectivity index (χ1v) is 10.1. The zero-order chi connectivity index (χ0) is 20.3. The predicted octanol–water partition coefficient (Wildman–Crippen LogP) is 4.14. The Kier molecular flexibility index (Phi) is 4.11. The third-order valence-electron chi connectivity index (χ3n) is 6.50. The predicted molar refractivity (Wildman–Crippen MR) is 101 cm³/mol. The third-order valence-corrected chi connectivity index (χ3v) is 6.50. The Balaban J connectivity index is 1.49. The van der Waals surface area contributed by atoms with E-state index in [4.69, 9.17) is 9.40 Å². The minimum absolute atomic E-state index is 0.0172. The molecule has 2 saturated carbocycles. The van der Waals surface area contributed by atoms with Crippen molar-refractivity contribution in [2.45, 2.75) is 76.2 Å². The molecule has 0 bridgehead atoms. The Hall–Kier alpha value is -2.58. The second-order valence-electron chi connectivity index (χ2n) is 8.35. The fraction of sp³-hybridized carbons (Fsp3) is 0.600. The Bertz CT molecular complexity index is 1100. The highest BCUT2D eigenvalue weighted by Gasteiger charge is 2.40. The highest BCUT2D eigenvalue weighted by molar-refractivity contribution is 5.73. The Morgan fingerprint density at radius 3 is 2.48 bits per heavy atom. The molecule has 2 aliphatic carbocycles. The summed E-state index contributed by atoms with van der Waals surface area (Å²) in [7, 11) is 0. The molecule has 1 N–H and O–H groups in total. The summed E-state index contributed by atoms with van der Waals surface area (Å²) in [6.07, 6.45) is 3.61. The van der Waals surface area contributed by atoms with Crippen LogP contribution < -0.4 is 5.56 Å². The van der Waals surface area contributed by atoms with Crippen LogP contribution in [-0.2, 0) is 0 Å². The molecule has 3 aromatic heterocycles. The van der Waals surface area contributed by atoms with Crippen LogP contribution >= 0.6 is 0 Å². The lowest BCUT2D eigenvalue weighted by molar-refractivity contribution is -0.0446. The maximum absolute atomic E-state index is 13.5. The summed E-state index contributed by atoms with van der Waals surface area (Å²) < 4.78 is 34.5. The first kappa shape index (κ1) is 18.4. The van der Waals surface area contributed by atoms with Gasteiger partial charge in [0.25, 0.3) is 5.56 Å². The molecule has 0 radical (unpaired) electrons. The summed E-state index contributed by atoms with van der Waals surface area (Å²) in [5.74, 6) is -0.440. The molecule has 0 saturated heterocycles. The van der Waals surface area contributed by atoms with Gasteiger partial charge in [0.15, 0.2) is 11.5 Å². The monoisotopic (exact) mass is 403 g/mol. The average molecular weight is 403 g/mol. The molecule has 2 aliphatic rings. The highest BCUT2D eigenvalue weighted by Crippen LogP contribution is 2.48. The summed E-state index contributed by atoms with van der Waals surface area (Å²) in [4.78, 5) is 24.8. The summed E-state index contributed by atoms with van der Waals surface area (Å²) in [6, 6.07) is -0.163. The molecule has 3 aromatic rings. The maximum Gasteiger partial charge on any atom is 0.262 e. The van der Waals surface area contributed by atoms with Gasteiger partial charge in [-0.3, -0.25) is 4.79 Å². The highest BCUT2D eigenvalue weighted by atomic mass is 19.3. The first-order chi connectivity index (χ1) is 13.8. The van der Waals surface area contributed by atoms with Crippen molar-refractivity contribution in [1.29, 1.82) is 0 Å². The van der Waals surface area contributed by atoms with Gasteiger partial charge in [0, 0.05) is 24.7 Å². The van der Waals surface area contributed by atoms with Gasteiger partial charge in [-0.1, -0.05) is 0 Å². The van der Waals surface area contributed by atoms with Crippen molar-refractivity contribution in [2.24, 2.45) is 0 Å². The number of oxazole rings is 1. The van der Waals surface area contributed by atoms with Crippen molar-refractivity contribution in [2.75, 3.05) is 0 Å². The van der Waals surface area contributed by atoms with Crippen molar-refractivity contribution in [1.82, 2.24) is 24.7 Å². The number of fused-ring (bicyclic) bond motifs is 1. The molecule has 0 aliphatic heterocycles. The molecule has 0 spiro atoms. The number of hydrogen-bond donors (Lipinski definition) is 1. The lowest BCUT2D eigenvalue weighted by Crippen LogP contribution is -2.28. The lowest BCUT2D eigenvalue weighted by atomic mass is 9.73. The van der Waals surface area contributed by atoms with Gasteiger partial charge in [0.05, 0.1) is 17.9 Å². The van der Waals surface area contributed by atoms with Gasteiger partial charge in [-0.05, 0) is 39.5 Å². The van der Waals surface area contributed by atoms with Gasteiger partial charge in [-0.15, -0.1) is 0 Å². The van der Waals surface area contributed by atoms with E-state index in [1.807, 2.05) is 13.8 Å². The molecule has 0 amide bonds. The summed E-state index contributed by atoms with van der Waals surface area (Å²) in [5.41, 5.74) is 1.10.